The Hall–Kier alpha value is -2.70. The van der Waals surface area contributed by atoms with E-state index in [0.29, 0.717) is 30.5 Å². The molecular weight excluding hydrogens is 1300 g/mol. The summed E-state index contributed by atoms with van der Waals surface area (Å²) < 4.78 is 28.5. The van der Waals surface area contributed by atoms with Crippen LogP contribution in [0.25, 0.3) is 0 Å². The van der Waals surface area contributed by atoms with Gasteiger partial charge in [-0.1, -0.05) is 60.7 Å². The highest BCUT2D eigenvalue weighted by atomic mass is 32.1. The Labute approximate surface area is 600 Å². The van der Waals surface area contributed by atoms with Crippen molar-refractivity contribution in [3.63, 3.8) is 0 Å². The SMILES string of the molecule is CCOC1CCC(CCc2ccc(S)cc2)CC1.CCOC1CCC(CCc2ccc(S)cc2)CC1.CCOC1CCC(CCc2ccc(S)cc2)CC1.CCOC1CCC(CCc2ccc(S)cc2)CC1.CCOC1CCC(CCc2ccc(S)cc2)CC1.F.F.F.F.F. The first kappa shape index (κ1) is 90.3. The van der Waals surface area contributed by atoms with Crippen LogP contribution in [0.4, 0.5) is 23.5 Å². The molecule has 5 saturated carbocycles. The molecule has 5 nitrogen and oxygen atoms in total. The van der Waals surface area contributed by atoms with Gasteiger partial charge in [0.15, 0.2) is 0 Å². The van der Waals surface area contributed by atoms with Gasteiger partial charge in [0.2, 0.25) is 0 Å². The summed E-state index contributed by atoms with van der Waals surface area (Å²) in [5, 5.41) is 0. The zero-order chi connectivity index (χ0) is 64.0. The van der Waals surface area contributed by atoms with E-state index in [2.05, 4.69) is 219 Å². The van der Waals surface area contributed by atoms with Gasteiger partial charge in [-0.25, -0.2) is 0 Å². The van der Waals surface area contributed by atoms with Gasteiger partial charge >= 0.3 is 0 Å². The number of hydrogen-bond donors (Lipinski definition) is 5. The van der Waals surface area contributed by atoms with Crippen LogP contribution in [0.2, 0.25) is 0 Å². The van der Waals surface area contributed by atoms with Gasteiger partial charge in [0, 0.05) is 57.5 Å². The molecule has 0 atom stereocenters. The van der Waals surface area contributed by atoms with Crippen molar-refractivity contribution in [1.29, 1.82) is 0 Å². The van der Waals surface area contributed by atoms with Crippen LogP contribution in [0.3, 0.4) is 0 Å². The lowest BCUT2D eigenvalue weighted by Gasteiger charge is -2.28. The van der Waals surface area contributed by atoms with Gasteiger partial charge in [-0.05, 0) is 345 Å². The Morgan fingerprint density at radius 1 is 0.221 bits per heavy atom. The van der Waals surface area contributed by atoms with E-state index in [1.165, 1.54) is 220 Å². The Balaban J connectivity index is 0.000000586. The average molecular weight is 1420 g/mol. The highest BCUT2D eigenvalue weighted by Crippen LogP contribution is 2.34. The first-order chi connectivity index (χ1) is 43.9. The van der Waals surface area contributed by atoms with Crippen molar-refractivity contribution in [2.24, 2.45) is 29.6 Å². The Morgan fingerprint density at radius 3 is 0.463 bits per heavy atom. The second kappa shape index (κ2) is 54.1. The molecule has 15 heteroatoms. The van der Waals surface area contributed by atoms with E-state index < -0.39 is 0 Å². The van der Waals surface area contributed by atoms with E-state index in [1.54, 1.807) is 0 Å². The van der Waals surface area contributed by atoms with Crippen LogP contribution in [-0.4, -0.2) is 63.6 Å². The van der Waals surface area contributed by atoms with Gasteiger partial charge in [-0.15, -0.1) is 63.1 Å². The summed E-state index contributed by atoms with van der Waals surface area (Å²) >= 11 is 21.6. The molecule has 0 unspecified atom stereocenters. The normalized spacial score (nSPS) is 22.8. The first-order valence-corrected chi connectivity index (χ1v) is 38.1. The number of halogens is 5. The molecule has 5 aliphatic carbocycles. The maximum Gasteiger partial charge on any atom is 0.0575 e. The van der Waals surface area contributed by atoms with E-state index >= 15 is 0 Å². The first-order valence-electron chi connectivity index (χ1n) is 35.9. The fourth-order valence-corrected chi connectivity index (χ4v) is 15.0. The van der Waals surface area contributed by atoms with E-state index in [9.17, 15) is 0 Å². The lowest BCUT2D eigenvalue weighted by Crippen LogP contribution is -2.21. The summed E-state index contributed by atoms with van der Waals surface area (Å²) in [7, 11) is 0. The van der Waals surface area contributed by atoms with Gasteiger partial charge in [-0.2, -0.15) is 0 Å². The van der Waals surface area contributed by atoms with Gasteiger partial charge < -0.3 is 23.7 Å². The summed E-state index contributed by atoms with van der Waals surface area (Å²) in [6.07, 6.45) is 41.3. The number of ether oxygens (including phenoxy) is 5. The Kier molecular flexibility index (Phi) is 51.4. The van der Waals surface area contributed by atoms with Gasteiger partial charge in [-0.3, -0.25) is 23.5 Å². The zero-order valence-corrected chi connectivity index (χ0v) is 62.9. The topological polar surface area (TPSA) is 46.2 Å². The van der Waals surface area contributed by atoms with Gasteiger partial charge in [0.1, 0.15) is 0 Å². The molecule has 0 bridgehead atoms. The highest BCUT2D eigenvalue weighted by molar-refractivity contribution is 7.81. The second-order valence-corrected chi connectivity index (χ2v) is 29.1. The molecule has 0 saturated heterocycles. The fourth-order valence-electron chi connectivity index (χ4n) is 14.3. The average Bonchev–Trinajstić information content (AvgIpc) is 3.77. The molecule has 10 rings (SSSR count). The quantitative estimate of drug-likeness (QED) is 0.0298. The Morgan fingerprint density at radius 2 is 0.347 bits per heavy atom. The molecule has 0 aromatic heterocycles. The van der Waals surface area contributed by atoms with Crippen LogP contribution in [0.15, 0.2) is 146 Å². The van der Waals surface area contributed by atoms with Gasteiger partial charge in [0.25, 0.3) is 0 Å². The fraction of sp³-hybridized carbons (Fsp3) is 0.625. The standard InChI is InChI=1S/5C16H24OS.5FH/c5*1-2-17-15-9-5-13(6-10-15)3-4-14-7-11-16(18)12-8-14;;;;;/h5*7-8,11-13,15,18H,2-6,9-10H2,1H3;5*1H. The number of rotatable bonds is 25. The van der Waals surface area contributed by atoms with E-state index in [1.807, 2.05) is 0 Å². The van der Waals surface area contributed by atoms with Gasteiger partial charge in [0.05, 0.1) is 30.5 Å². The zero-order valence-electron chi connectivity index (χ0n) is 58.4. The molecule has 5 fully saturated rings. The van der Waals surface area contributed by atoms with Crippen molar-refractivity contribution in [3.05, 3.63) is 149 Å². The van der Waals surface area contributed by atoms with Crippen molar-refractivity contribution in [2.45, 2.75) is 282 Å². The van der Waals surface area contributed by atoms with Crippen molar-refractivity contribution >= 4 is 63.1 Å². The predicted molar refractivity (Wildman–Crippen MR) is 409 cm³/mol. The molecule has 5 aromatic carbocycles. The number of hydrogen-bond acceptors (Lipinski definition) is 10. The second-order valence-electron chi connectivity index (χ2n) is 26.5. The number of benzene rings is 5. The molecule has 0 amide bonds. The van der Waals surface area contributed by atoms with Crippen molar-refractivity contribution in [3.8, 4) is 0 Å². The third-order valence-corrected chi connectivity index (χ3v) is 21.4. The molecular formula is C80H125F5O5S5. The lowest BCUT2D eigenvalue weighted by molar-refractivity contribution is 0.0247. The maximum absolute atomic E-state index is 5.70. The van der Waals surface area contributed by atoms with E-state index in [-0.39, 0.29) is 23.5 Å². The molecule has 0 spiro atoms. The van der Waals surface area contributed by atoms with Crippen molar-refractivity contribution in [2.75, 3.05) is 33.0 Å². The predicted octanol–water partition coefficient (Wildman–Crippen LogP) is 23.3. The number of aryl methyl sites for hydroxylation is 5. The minimum Gasteiger partial charge on any atom is -0.379 e. The minimum atomic E-state index is 0. The molecule has 0 aliphatic heterocycles. The van der Waals surface area contributed by atoms with Crippen LogP contribution < -0.4 is 0 Å². The Bertz CT molecular complexity index is 2140. The monoisotopic (exact) mass is 1420 g/mol. The van der Waals surface area contributed by atoms with Crippen LogP contribution in [0, 0.1) is 29.6 Å². The van der Waals surface area contributed by atoms with E-state index in [4.69, 9.17) is 23.7 Å². The van der Waals surface area contributed by atoms with Crippen LogP contribution in [0.1, 0.15) is 223 Å². The molecule has 5 aromatic rings. The van der Waals surface area contributed by atoms with E-state index in [0.717, 1.165) is 87.1 Å². The molecule has 5 aliphatic rings. The smallest absolute Gasteiger partial charge is 0.0575 e. The summed E-state index contributed by atoms with van der Waals surface area (Å²) in [6.45, 7) is 14.8. The third-order valence-electron chi connectivity index (χ3n) is 19.9. The number of thiol groups is 5. The highest BCUT2D eigenvalue weighted by Gasteiger charge is 2.25. The largest absolute Gasteiger partial charge is 0.379 e. The van der Waals surface area contributed by atoms with Crippen LogP contribution >= 0.6 is 63.1 Å². The van der Waals surface area contributed by atoms with Crippen molar-refractivity contribution < 1.29 is 47.2 Å². The summed E-state index contributed by atoms with van der Waals surface area (Å²) in [6, 6.07) is 42.9. The van der Waals surface area contributed by atoms with Crippen molar-refractivity contribution in [1.82, 2.24) is 0 Å². The summed E-state index contributed by atoms with van der Waals surface area (Å²) in [4.78, 5) is 5.26. The third kappa shape index (κ3) is 38.6. The molecule has 0 radical (unpaired) electrons. The van der Waals surface area contributed by atoms with Crippen LogP contribution in [0.5, 0.6) is 0 Å². The lowest BCUT2D eigenvalue weighted by atomic mass is 9.84. The summed E-state index contributed by atoms with van der Waals surface area (Å²) in [5.74, 6) is 4.50. The molecule has 95 heavy (non-hydrogen) atoms. The molecule has 0 heterocycles. The minimum absolute atomic E-state index is 0. The molecule has 0 N–H and O–H groups in total. The summed E-state index contributed by atoms with van der Waals surface area (Å²) in [5.41, 5.74) is 7.22. The van der Waals surface area contributed by atoms with Crippen LogP contribution in [-0.2, 0) is 55.8 Å². The maximum atomic E-state index is 5.70. The molecule has 540 valence electrons.